The molecule has 1 amide bonds. The number of alkyl halides is 1. The van der Waals surface area contributed by atoms with Gasteiger partial charge in [-0.2, -0.15) is 0 Å². The highest BCUT2D eigenvalue weighted by Crippen LogP contribution is 2.21. The number of nitrogens with one attached hydrogen (secondary N) is 1. The molecule has 90 valence electrons. The maximum absolute atomic E-state index is 11.2. The largest absolute Gasteiger partial charge is 0.478 e. The number of carbonyl (C=O) groups excluding carboxylic acids is 1. The van der Waals surface area contributed by atoms with Crippen LogP contribution in [0, 0.1) is 0 Å². The maximum atomic E-state index is 11.2. The molecule has 0 unspecified atom stereocenters. The van der Waals surface area contributed by atoms with Crippen LogP contribution in [-0.4, -0.2) is 32.5 Å². The van der Waals surface area contributed by atoms with Gasteiger partial charge in [0.2, 0.25) is 5.91 Å². The number of aromatic carboxylic acids is 2. The van der Waals surface area contributed by atoms with Crippen molar-refractivity contribution in [3.8, 4) is 0 Å². The van der Waals surface area contributed by atoms with E-state index in [4.69, 9.17) is 10.2 Å². The van der Waals surface area contributed by atoms with Gasteiger partial charge in [0, 0.05) is 0 Å². The quantitative estimate of drug-likeness (QED) is 0.564. The zero-order valence-corrected chi connectivity index (χ0v) is 10.6. The average Bonchev–Trinajstić information content (AvgIpc) is 2.28. The minimum Gasteiger partial charge on any atom is -0.478 e. The molecule has 1 aromatic carbocycles. The third-order valence-corrected chi connectivity index (χ3v) is 2.60. The number of amides is 1. The van der Waals surface area contributed by atoms with Crippen LogP contribution < -0.4 is 5.32 Å². The van der Waals surface area contributed by atoms with Crippen molar-refractivity contribution >= 4 is 46.1 Å². The Labute approximate surface area is 110 Å². The van der Waals surface area contributed by atoms with Crippen molar-refractivity contribution in [1.82, 2.24) is 0 Å². The molecule has 0 bridgehead atoms. The lowest BCUT2D eigenvalue weighted by atomic mass is 10.1. The highest BCUT2D eigenvalue weighted by atomic mass is 127. The van der Waals surface area contributed by atoms with Crippen LogP contribution in [0.15, 0.2) is 18.2 Å². The number of halogens is 1. The second-order valence-corrected chi connectivity index (χ2v) is 3.78. The summed E-state index contributed by atoms with van der Waals surface area (Å²) in [4.78, 5) is 33.1. The SMILES string of the molecule is O=C(CI)Nc1c(C(=O)O)cccc1C(=O)O. The molecule has 6 nitrogen and oxygen atoms in total. The molecule has 0 saturated carbocycles. The Morgan fingerprint density at radius 3 is 1.94 bits per heavy atom. The van der Waals surface area contributed by atoms with E-state index in [9.17, 15) is 14.4 Å². The van der Waals surface area contributed by atoms with Gasteiger partial charge in [-0.1, -0.05) is 28.7 Å². The fourth-order valence-corrected chi connectivity index (χ4v) is 1.41. The first-order valence-electron chi connectivity index (χ1n) is 4.42. The van der Waals surface area contributed by atoms with Gasteiger partial charge in [-0.05, 0) is 12.1 Å². The average molecular weight is 349 g/mol. The van der Waals surface area contributed by atoms with Crippen molar-refractivity contribution in [2.45, 2.75) is 0 Å². The second kappa shape index (κ2) is 5.62. The number of carbonyl (C=O) groups is 3. The summed E-state index contributed by atoms with van der Waals surface area (Å²) in [6.07, 6.45) is 0. The van der Waals surface area contributed by atoms with E-state index in [-0.39, 0.29) is 21.2 Å². The summed E-state index contributed by atoms with van der Waals surface area (Å²) in [5.41, 5.74) is -0.680. The van der Waals surface area contributed by atoms with E-state index < -0.39 is 17.8 Å². The molecule has 0 aliphatic rings. The fraction of sp³-hybridized carbons (Fsp3) is 0.100. The van der Waals surface area contributed by atoms with E-state index in [0.29, 0.717) is 0 Å². The van der Waals surface area contributed by atoms with Gasteiger partial charge in [-0.25, -0.2) is 9.59 Å². The molecular formula is C10H8INO5. The van der Waals surface area contributed by atoms with Gasteiger partial charge in [0.15, 0.2) is 0 Å². The smallest absolute Gasteiger partial charge is 0.337 e. The third kappa shape index (κ3) is 3.16. The Hall–Kier alpha value is -1.64. The maximum Gasteiger partial charge on any atom is 0.337 e. The summed E-state index contributed by atoms with van der Waals surface area (Å²) in [5.74, 6) is -3.05. The van der Waals surface area contributed by atoms with Crippen molar-refractivity contribution in [2.24, 2.45) is 0 Å². The van der Waals surface area contributed by atoms with Crippen molar-refractivity contribution in [3.63, 3.8) is 0 Å². The van der Waals surface area contributed by atoms with E-state index >= 15 is 0 Å². The Balaban J connectivity index is 3.33. The van der Waals surface area contributed by atoms with Crippen LogP contribution in [0.2, 0.25) is 0 Å². The Morgan fingerprint density at radius 2 is 1.59 bits per heavy atom. The molecule has 0 aliphatic carbocycles. The van der Waals surface area contributed by atoms with Crippen molar-refractivity contribution in [3.05, 3.63) is 29.3 Å². The monoisotopic (exact) mass is 349 g/mol. The van der Waals surface area contributed by atoms with E-state index in [1.54, 1.807) is 22.6 Å². The van der Waals surface area contributed by atoms with Crippen LogP contribution in [-0.2, 0) is 4.79 Å². The topological polar surface area (TPSA) is 104 Å². The van der Waals surface area contributed by atoms with Gasteiger partial charge < -0.3 is 15.5 Å². The van der Waals surface area contributed by atoms with Crippen LogP contribution in [0.1, 0.15) is 20.7 Å². The number of carboxylic acid groups (broad SMARTS) is 2. The van der Waals surface area contributed by atoms with Gasteiger partial charge in [0.25, 0.3) is 0 Å². The lowest BCUT2D eigenvalue weighted by Crippen LogP contribution is -2.18. The predicted molar refractivity (Wildman–Crippen MR) is 67.9 cm³/mol. The molecule has 0 saturated heterocycles. The van der Waals surface area contributed by atoms with Crippen LogP contribution in [0.3, 0.4) is 0 Å². The Bertz CT molecular complexity index is 453. The molecule has 0 spiro atoms. The van der Waals surface area contributed by atoms with Crippen LogP contribution in [0.25, 0.3) is 0 Å². The summed E-state index contributed by atoms with van der Waals surface area (Å²) in [5, 5.41) is 20.1. The molecule has 0 aromatic heterocycles. The Kier molecular flexibility index (Phi) is 4.44. The minimum absolute atomic E-state index is 0.102. The molecule has 0 aliphatic heterocycles. The van der Waals surface area contributed by atoms with Crippen molar-refractivity contribution in [1.29, 1.82) is 0 Å². The van der Waals surface area contributed by atoms with Gasteiger partial charge in [-0.15, -0.1) is 0 Å². The van der Waals surface area contributed by atoms with Crippen LogP contribution >= 0.6 is 22.6 Å². The highest BCUT2D eigenvalue weighted by Gasteiger charge is 2.19. The second-order valence-electron chi connectivity index (χ2n) is 3.02. The Morgan fingerprint density at radius 1 is 1.12 bits per heavy atom. The summed E-state index contributed by atoms with van der Waals surface area (Å²) >= 11 is 1.79. The summed E-state index contributed by atoms with van der Waals surface area (Å²) in [6, 6.07) is 3.78. The van der Waals surface area contributed by atoms with Crippen LogP contribution in [0.4, 0.5) is 5.69 Å². The first-order valence-corrected chi connectivity index (χ1v) is 5.95. The van der Waals surface area contributed by atoms with E-state index in [1.807, 2.05) is 0 Å². The fourth-order valence-electron chi connectivity index (χ4n) is 1.22. The van der Waals surface area contributed by atoms with E-state index in [2.05, 4.69) is 5.32 Å². The van der Waals surface area contributed by atoms with Gasteiger partial charge in [-0.3, -0.25) is 4.79 Å². The summed E-state index contributed by atoms with van der Waals surface area (Å²) < 4.78 is 0.102. The molecule has 7 heteroatoms. The summed E-state index contributed by atoms with van der Waals surface area (Å²) in [7, 11) is 0. The zero-order valence-electron chi connectivity index (χ0n) is 8.44. The number of para-hydroxylation sites is 1. The molecule has 0 atom stereocenters. The molecule has 0 heterocycles. The van der Waals surface area contributed by atoms with E-state index in [0.717, 1.165) is 0 Å². The van der Waals surface area contributed by atoms with Gasteiger partial charge in [0.1, 0.15) is 0 Å². The number of benzene rings is 1. The normalized spacial score (nSPS) is 9.71. The van der Waals surface area contributed by atoms with Crippen molar-refractivity contribution < 1.29 is 24.6 Å². The highest BCUT2D eigenvalue weighted by molar-refractivity contribution is 14.1. The zero-order chi connectivity index (χ0) is 13.0. The molecule has 0 fully saturated rings. The molecule has 0 radical (unpaired) electrons. The van der Waals surface area contributed by atoms with Crippen LogP contribution in [0.5, 0.6) is 0 Å². The first kappa shape index (κ1) is 13.4. The number of hydrogen-bond donors (Lipinski definition) is 3. The number of carboxylic acids is 2. The number of anilines is 1. The van der Waals surface area contributed by atoms with Crippen molar-refractivity contribution in [2.75, 3.05) is 9.74 Å². The molecule has 1 aromatic rings. The minimum atomic E-state index is -1.29. The molecular weight excluding hydrogens is 341 g/mol. The lowest BCUT2D eigenvalue weighted by Gasteiger charge is -2.10. The van der Waals surface area contributed by atoms with Gasteiger partial charge in [0.05, 0.1) is 21.2 Å². The molecule has 3 N–H and O–H groups in total. The first-order chi connectivity index (χ1) is 7.97. The van der Waals surface area contributed by atoms with Gasteiger partial charge >= 0.3 is 11.9 Å². The predicted octanol–water partition coefficient (Wildman–Crippen LogP) is 1.46. The number of rotatable bonds is 4. The summed E-state index contributed by atoms with van der Waals surface area (Å²) in [6.45, 7) is 0. The number of hydrogen-bond acceptors (Lipinski definition) is 3. The lowest BCUT2D eigenvalue weighted by molar-refractivity contribution is -0.113. The van der Waals surface area contributed by atoms with E-state index in [1.165, 1.54) is 18.2 Å². The standard InChI is InChI=1S/C10H8INO5/c11-4-7(13)12-8-5(9(14)15)2-1-3-6(8)10(16)17/h1-3H,4H2,(H,12,13)(H,14,15)(H,16,17). The molecule has 17 heavy (non-hydrogen) atoms. The third-order valence-electron chi connectivity index (χ3n) is 1.91. The molecule has 1 rings (SSSR count).